The molecule has 2 aromatic carbocycles. The average molecular weight is 548 g/mol. The number of halogens is 3. The zero-order chi connectivity index (χ0) is 28.8. The molecule has 0 amide bonds. The number of carbonyl (C=O) groups excluding carboxylic acids is 1. The summed E-state index contributed by atoms with van der Waals surface area (Å²) in [5, 5.41) is 11.2. The van der Waals surface area contributed by atoms with E-state index in [0.29, 0.717) is 35.5 Å². The second-order valence-electron chi connectivity index (χ2n) is 9.76. The van der Waals surface area contributed by atoms with Crippen molar-refractivity contribution in [1.82, 2.24) is 0 Å². The van der Waals surface area contributed by atoms with Gasteiger partial charge in [-0.05, 0) is 74.4 Å². The topological polar surface area (TPSA) is 74.5 Å². The highest BCUT2D eigenvalue weighted by atomic mass is 19.2. The van der Waals surface area contributed by atoms with E-state index in [1.807, 2.05) is 24.3 Å². The van der Waals surface area contributed by atoms with E-state index in [1.165, 1.54) is 31.5 Å². The molecule has 4 rings (SSSR count). The highest BCUT2D eigenvalue weighted by Gasteiger charge is 2.31. The summed E-state index contributed by atoms with van der Waals surface area (Å²) in [6, 6.07) is 5.89. The van der Waals surface area contributed by atoms with Crippen molar-refractivity contribution in [3.63, 3.8) is 0 Å². The molecule has 0 spiro atoms. The first-order chi connectivity index (χ1) is 19.3. The van der Waals surface area contributed by atoms with Crippen LogP contribution in [0.5, 0.6) is 5.75 Å². The predicted octanol–water partition coefficient (Wildman–Crippen LogP) is 8.13. The van der Waals surface area contributed by atoms with E-state index in [9.17, 15) is 13.6 Å². The minimum atomic E-state index is -1.07. The van der Waals surface area contributed by atoms with Crippen LogP contribution in [0.1, 0.15) is 60.0 Å². The number of carbonyl (C=O) groups is 1. The Kier molecular flexibility index (Phi) is 9.19. The molecule has 0 saturated carbocycles. The van der Waals surface area contributed by atoms with Crippen molar-refractivity contribution in [3.05, 3.63) is 101 Å². The highest BCUT2D eigenvalue weighted by molar-refractivity contribution is 6.14. The summed E-state index contributed by atoms with van der Waals surface area (Å²) in [6.07, 6.45) is 12.5. The Morgan fingerprint density at radius 1 is 1.18 bits per heavy atom. The standard InChI is InChI=1S/C32H32F3N3O2/c1-4-5-6-7-10-20(36)17-27(39)21-13-15-25(29(33)19(21)2)38-26-12-9-8-11-23-24(18-37-32(23)26)22-14-16-28(40-3)31(35)30(22)34/h4,8,11-16,18,23,36,38H,1,5-7,9-10,17H2,2-3H3. The second kappa shape index (κ2) is 12.8. The number of methoxy groups -OCH3 is 1. The van der Waals surface area contributed by atoms with Crippen LogP contribution in [-0.4, -0.2) is 24.3 Å². The fourth-order valence-corrected chi connectivity index (χ4v) is 4.88. The molecule has 0 aromatic heterocycles. The number of fused-ring (bicyclic) bond motifs is 1. The van der Waals surface area contributed by atoms with Gasteiger partial charge in [0.2, 0.25) is 5.82 Å². The minimum absolute atomic E-state index is 0.0482. The smallest absolute Gasteiger partial charge is 0.201 e. The highest BCUT2D eigenvalue weighted by Crippen LogP contribution is 2.38. The molecular formula is C32H32F3N3O2. The fraction of sp³-hybridized carbons (Fsp3) is 0.281. The van der Waals surface area contributed by atoms with Crippen LogP contribution in [0.4, 0.5) is 18.9 Å². The van der Waals surface area contributed by atoms with Gasteiger partial charge in [0.25, 0.3) is 0 Å². The van der Waals surface area contributed by atoms with Gasteiger partial charge in [-0.25, -0.2) is 8.78 Å². The van der Waals surface area contributed by atoms with Gasteiger partial charge >= 0.3 is 0 Å². The number of ether oxygens (including phenoxy) is 1. The lowest BCUT2D eigenvalue weighted by atomic mass is 9.89. The van der Waals surface area contributed by atoms with Crippen molar-refractivity contribution in [2.24, 2.45) is 10.9 Å². The Morgan fingerprint density at radius 2 is 1.98 bits per heavy atom. The van der Waals surface area contributed by atoms with Gasteiger partial charge in [-0.3, -0.25) is 9.79 Å². The largest absolute Gasteiger partial charge is 0.494 e. The van der Waals surface area contributed by atoms with Crippen LogP contribution >= 0.6 is 0 Å². The summed E-state index contributed by atoms with van der Waals surface area (Å²) in [5.41, 5.74) is 2.56. The van der Waals surface area contributed by atoms with Crippen molar-refractivity contribution >= 4 is 28.5 Å². The lowest BCUT2D eigenvalue weighted by molar-refractivity contribution is 0.0999. The molecule has 1 aliphatic heterocycles. The van der Waals surface area contributed by atoms with E-state index in [4.69, 9.17) is 10.1 Å². The molecule has 5 nitrogen and oxygen atoms in total. The zero-order valence-corrected chi connectivity index (χ0v) is 22.6. The minimum Gasteiger partial charge on any atom is -0.494 e. The first-order valence-electron chi connectivity index (χ1n) is 13.2. The van der Waals surface area contributed by atoms with Gasteiger partial charge in [0.15, 0.2) is 17.3 Å². The lowest BCUT2D eigenvalue weighted by Gasteiger charge is -2.19. The summed E-state index contributed by atoms with van der Waals surface area (Å²) in [6.45, 7) is 5.22. The van der Waals surface area contributed by atoms with Crippen LogP contribution in [0.2, 0.25) is 0 Å². The van der Waals surface area contributed by atoms with Crippen molar-refractivity contribution in [2.45, 2.75) is 45.4 Å². The number of Topliss-reactive ketones (excluding diaryl/α,β-unsaturated/α-hetero) is 1. The molecule has 2 N–H and O–H groups in total. The molecule has 40 heavy (non-hydrogen) atoms. The van der Waals surface area contributed by atoms with Crippen LogP contribution in [-0.2, 0) is 0 Å². The van der Waals surface area contributed by atoms with Crippen LogP contribution in [0.15, 0.2) is 72.0 Å². The van der Waals surface area contributed by atoms with Crippen molar-refractivity contribution in [1.29, 1.82) is 5.41 Å². The lowest BCUT2D eigenvalue weighted by Crippen LogP contribution is -2.19. The van der Waals surface area contributed by atoms with Gasteiger partial charge in [-0.1, -0.05) is 24.3 Å². The molecule has 208 valence electrons. The molecule has 2 aliphatic rings. The van der Waals surface area contributed by atoms with E-state index >= 15 is 4.39 Å². The molecule has 0 saturated heterocycles. The number of hydrogen-bond acceptors (Lipinski definition) is 5. The van der Waals surface area contributed by atoms with E-state index in [1.54, 1.807) is 13.0 Å². The van der Waals surface area contributed by atoms with Crippen LogP contribution in [0.3, 0.4) is 0 Å². The summed E-state index contributed by atoms with van der Waals surface area (Å²) in [7, 11) is 1.27. The van der Waals surface area contributed by atoms with Crippen molar-refractivity contribution in [2.75, 3.05) is 12.4 Å². The molecule has 1 heterocycles. The van der Waals surface area contributed by atoms with Gasteiger partial charge in [-0.15, -0.1) is 6.58 Å². The Labute approximate surface area is 232 Å². The third-order valence-corrected chi connectivity index (χ3v) is 7.08. The number of benzene rings is 2. The predicted molar refractivity (Wildman–Crippen MR) is 154 cm³/mol. The Hall–Kier alpha value is -4.20. The summed E-state index contributed by atoms with van der Waals surface area (Å²) < 4.78 is 49.7. The maximum absolute atomic E-state index is 15.5. The van der Waals surface area contributed by atoms with Crippen LogP contribution < -0.4 is 10.1 Å². The number of rotatable bonds is 12. The van der Waals surface area contributed by atoms with E-state index in [0.717, 1.165) is 19.3 Å². The van der Waals surface area contributed by atoms with E-state index < -0.39 is 23.4 Å². The van der Waals surface area contributed by atoms with Gasteiger partial charge in [0.05, 0.1) is 24.2 Å². The number of aliphatic imine (C=N–C) groups is 1. The number of anilines is 1. The maximum Gasteiger partial charge on any atom is 0.201 e. The SMILES string of the molecule is C=CCCCCC(=N)CC(=O)c1ccc(NC2=CCC=CC3C(c4ccc(OC)c(F)c4F)=CN=C23)c(F)c1C. The molecule has 0 radical (unpaired) electrons. The number of unbranched alkanes of at least 4 members (excludes halogenated alkanes) is 2. The monoisotopic (exact) mass is 547 g/mol. The first kappa shape index (κ1) is 28.8. The summed E-state index contributed by atoms with van der Waals surface area (Å²) in [4.78, 5) is 17.3. The molecular weight excluding hydrogens is 515 g/mol. The number of allylic oxidation sites excluding steroid dienone is 6. The maximum atomic E-state index is 15.5. The van der Waals surface area contributed by atoms with Gasteiger partial charge in [-0.2, -0.15) is 4.39 Å². The number of nitrogens with zero attached hydrogens (tertiary/aromatic N) is 1. The molecule has 1 atom stereocenters. The van der Waals surface area contributed by atoms with E-state index in [-0.39, 0.29) is 40.3 Å². The Balaban J connectivity index is 1.50. The molecule has 8 heteroatoms. The van der Waals surface area contributed by atoms with Gasteiger partial charge < -0.3 is 15.5 Å². The first-order valence-corrected chi connectivity index (χ1v) is 13.2. The number of nitrogens with one attached hydrogen (secondary N) is 2. The molecule has 1 aliphatic carbocycles. The quantitative estimate of drug-likeness (QED) is 0.122. The van der Waals surface area contributed by atoms with Crippen LogP contribution in [0, 0.1) is 35.7 Å². The Bertz CT molecular complexity index is 1470. The zero-order valence-electron chi connectivity index (χ0n) is 22.6. The van der Waals surface area contributed by atoms with Gasteiger partial charge in [0.1, 0.15) is 5.82 Å². The van der Waals surface area contributed by atoms with Gasteiger partial charge in [0, 0.05) is 35.4 Å². The third kappa shape index (κ3) is 6.01. The molecule has 1 unspecified atom stereocenters. The Morgan fingerprint density at radius 3 is 2.73 bits per heavy atom. The van der Waals surface area contributed by atoms with Crippen molar-refractivity contribution < 1.29 is 22.7 Å². The molecule has 2 aromatic rings. The fourth-order valence-electron chi connectivity index (χ4n) is 4.88. The third-order valence-electron chi connectivity index (χ3n) is 7.08. The van der Waals surface area contributed by atoms with Crippen LogP contribution in [0.25, 0.3) is 5.57 Å². The molecule has 0 bridgehead atoms. The summed E-state index contributed by atoms with van der Waals surface area (Å²) in [5.74, 6) is -3.62. The normalized spacial score (nSPS) is 15.9. The van der Waals surface area contributed by atoms with E-state index in [2.05, 4.69) is 16.9 Å². The number of ketones is 1. The summed E-state index contributed by atoms with van der Waals surface area (Å²) >= 11 is 0. The number of hydrogen-bond donors (Lipinski definition) is 2. The van der Waals surface area contributed by atoms with Crippen molar-refractivity contribution in [3.8, 4) is 5.75 Å². The molecule has 0 fully saturated rings. The average Bonchev–Trinajstić information content (AvgIpc) is 3.25. The second-order valence-corrected chi connectivity index (χ2v) is 9.76.